The molecule has 3 heterocycles. The number of hydrogen-bond acceptors (Lipinski definition) is 4. The molecular weight excluding hydrogens is 364 g/mol. The van der Waals surface area contributed by atoms with Gasteiger partial charge in [-0.2, -0.15) is 0 Å². The number of fused-ring (bicyclic) bond motifs is 1. The van der Waals surface area contributed by atoms with E-state index in [0.717, 1.165) is 27.9 Å². The molecule has 0 aromatic carbocycles. The van der Waals surface area contributed by atoms with Gasteiger partial charge in [0.05, 0.1) is 6.54 Å². The number of pyridine rings is 1. The Morgan fingerprint density at radius 1 is 1.43 bits per heavy atom. The standard InChI is InChI=1S/C20H21F2N5O/c1-11-3-5-14-16(9-25-19(14)27-11)13(7-23)4-6-17-12(2)15(8-24-17)20(28)26-10-18(21)22/h3-9,12,18H,10,23H2,1-2H3,(H,25,27)(H,26,28)/b6-4-,13-7+. The summed E-state index contributed by atoms with van der Waals surface area (Å²) in [6.45, 7) is 3.04. The predicted octanol–water partition coefficient (Wildman–Crippen LogP) is 3.08. The molecule has 2 aromatic rings. The smallest absolute Gasteiger partial charge is 0.255 e. The van der Waals surface area contributed by atoms with Crippen LogP contribution in [0.5, 0.6) is 0 Å². The minimum atomic E-state index is -2.59. The topological polar surface area (TPSA) is 96.2 Å². The molecule has 1 amide bonds. The molecule has 0 saturated heterocycles. The lowest BCUT2D eigenvalue weighted by Gasteiger charge is -2.10. The van der Waals surface area contributed by atoms with Gasteiger partial charge in [0.1, 0.15) is 5.65 Å². The Morgan fingerprint density at radius 2 is 2.21 bits per heavy atom. The Kier molecular flexibility index (Phi) is 5.67. The van der Waals surface area contributed by atoms with Crippen molar-refractivity contribution in [2.75, 3.05) is 6.54 Å². The molecule has 0 bridgehead atoms. The summed E-state index contributed by atoms with van der Waals surface area (Å²) in [6, 6.07) is 3.90. The van der Waals surface area contributed by atoms with Crippen LogP contribution in [-0.2, 0) is 4.79 Å². The van der Waals surface area contributed by atoms with Crippen molar-refractivity contribution in [1.29, 1.82) is 0 Å². The number of halogens is 2. The van der Waals surface area contributed by atoms with E-state index in [1.165, 1.54) is 12.4 Å². The second-order valence-corrected chi connectivity index (χ2v) is 6.47. The first-order valence-corrected chi connectivity index (χ1v) is 8.80. The lowest BCUT2D eigenvalue weighted by atomic mass is 9.96. The van der Waals surface area contributed by atoms with E-state index in [9.17, 15) is 13.6 Å². The van der Waals surface area contributed by atoms with Gasteiger partial charge in [-0.25, -0.2) is 13.8 Å². The average molecular weight is 385 g/mol. The highest BCUT2D eigenvalue weighted by Crippen LogP contribution is 2.26. The number of H-pyrrole nitrogens is 1. The zero-order valence-electron chi connectivity index (χ0n) is 15.5. The molecule has 1 unspecified atom stereocenters. The number of aromatic nitrogens is 2. The van der Waals surface area contributed by atoms with Gasteiger partial charge in [-0.05, 0) is 30.7 Å². The highest BCUT2D eigenvalue weighted by Gasteiger charge is 2.25. The number of amides is 1. The van der Waals surface area contributed by atoms with E-state index in [4.69, 9.17) is 5.73 Å². The van der Waals surface area contributed by atoms with Gasteiger partial charge in [-0.3, -0.25) is 9.79 Å². The third-order valence-electron chi connectivity index (χ3n) is 4.54. The van der Waals surface area contributed by atoms with Crippen LogP contribution < -0.4 is 11.1 Å². The molecule has 28 heavy (non-hydrogen) atoms. The van der Waals surface area contributed by atoms with Crippen molar-refractivity contribution in [1.82, 2.24) is 15.3 Å². The number of alkyl halides is 2. The van der Waals surface area contributed by atoms with Crippen molar-refractivity contribution < 1.29 is 13.6 Å². The second kappa shape index (κ2) is 8.16. The molecule has 146 valence electrons. The first-order chi connectivity index (χ1) is 13.4. The number of rotatable bonds is 6. The van der Waals surface area contributed by atoms with Gasteiger partial charge in [0.2, 0.25) is 5.91 Å². The van der Waals surface area contributed by atoms with Crippen molar-refractivity contribution in [3.05, 3.63) is 59.7 Å². The van der Waals surface area contributed by atoms with Gasteiger partial charge >= 0.3 is 0 Å². The summed E-state index contributed by atoms with van der Waals surface area (Å²) < 4.78 is 24.5. The molecule has 8 heteroatoms. The summed E-state index contributed by atoms with van der Waals surface area (Å²) in [5, 5.41) is 3.14. The molecule has 1 aliphatic rings. The summed E-state index contributed by atoms with van der Waals surface area (Å²) >= 11 is 0. The fourth-order valence-corrected chi connectivity index (χ4v) is 2.99. The molecular formula is C20H21F2N5O. The van der Waals surface area contributed by atoms with E-state index in [0.29, 0.717) is 11.3 Å². The maximum atomic E-state index is 12.3. The van der Waals surface area contributed by atoms with Crippen LogP contribution in [0.2, 0.25) is 0 Å². The average Bonchev–Trinajstić information content (AvgIpc) is 3.24. The number of nitrogens with two attached hydrogens (primary N) is 1. The number of aromatic amines is 1. The monoisotopic (exact) mass is 385 g/mol. The SMILES string of the molecule is Cc1ccc2c(C(/C=C\C3=NC=C(C(=O)NCC(F)F)C3C)=C/N)c[nH]c2n1. The van der Waals surface area contributed by atoms with Crippen molar-refractivity contribution in [2.45, 2.75) is 20.3 Å². The number of carbonyl (C=O) groups excluding carboxylic acids is 1. The van der Waals surface area contributed by atoms with E-state index in [1.54, 1.807) is 13.0 Å². The molecule has 1 aliphatic heterocycles. The number of aryl methyl sites for hydroxylation is 1. The maximum absolute atomic E-state index is 12.3. The Balaban J connectivity index is 1.73. The maximum Gasteiger partial charge on any atom is 0.255 e. The third kappa shape index (κ3) is 4.00. The van der Waals surface area contributed by atoms with Gasteiger partial charge in [0.15, 0.2) is 0 Å². The van der Waals surface area contributed by atoms with Crippen LogP contribution in [0, 0.1) is 12.8 Å². The van der Waals surface area contributed by atoms with Crippen molar-refractivity contribution in [2.24, 2.45) is 16.6 Å². The molecule has 6 nitrogen and oxygen atoms in total. The summed E-state index contributed by atoms with van der Waals surface area (Å²) in [5.41, 5.74) is 10.2. The van der Waals surface area contributed by atoms with Crippen LogP contribution in [0.4, 0.5) is 8.78 Å². The molecule has 3 rings (SSSR count). The van der Waals surface area contributed by atoms with E-state index < -0.39 is 18.9 Å². The number of nitrogens with zero attached hydrogens (tertiary/aromatic N) is 2. The highest BCUT2D eigenvalue weighted by atomic mass is 19.3. The van der Waals surface area contributed by atoms with Crippen LogP contribution >= 0.6 is 0 Å². The van der Waals surface area contributed by atoms with E-state index in [2.05, 4.69) is 20.3 Å². The van der Waals surface area contributed by atoms with Crippen molar-refractivity contribution >= 4 is 28.2 Å². The Morgan fingerprint density at radius 3 is 2.93 bits per heavy atom. The van der Waals surface area contributed by atoms with E-state index in [1.807, 2.05) is 31.3 Å². The first-order valence-electron chi connectivity index (χ1n) is 8.80. The largest absolute Gasteiger partial charge is 0.404 e. The zero-order chi connectivity index (χ0) is 20.3. The normalized spacial score (nSPS) is 17.5. The summed E-state index contributed by atoms with van der Waals surface area (Å²) in [6.07, 6.45) is 5.73. The zero-order valence-corrected chi connectivity index (χ0v) is 15.5. The number of allylic oxidation sites excluding steroid dienone is 3. The Hall–Kier alpha value is -3.29. The number of aliphatic imine (C=N–C) groups is 1. The number of nitrogens with one attached hydrogen (secondary N) is 2. The van der Waals surface area contributed by atoms with E-state index in [-0.39, 0.29) is 5.92 Å². The molecule has 1 atom stereocenters. The summed E-state index contributed by atoms with van der Waals surface area (Å²) in [5.74, 6) is -0.840. The van der Waals surface area contributed by atoms with Gasteiger partial charge in [0, 0.05) is 52.4 Å². The van der Waals surface area contributed by atoms with Gasteiger partial charge in [-0.15, -0.1) is 0 Å². The molecule has 0 radical (unpaired) electrons. The number of hydrogen-bond donors (Lipinski definition) is 3. The third-order valence-corrected chi connectivity index (χ3v) is 4.54. The molecule has 0 spiro atoms. The van der Waals surface area contributed by atoms with Crippen LogP contribution in [0.25, 0.3) is 16.6 Å². The Bertz CT molecular complexity index is 1020. The molecule has 2 aromatic heterocycles. The molecule has 0 aliphatic carbocycles. The van der Waals surface area contributed by atoms with Crippen LogP contribution in [-0.4, -0.2) is 34.6 Å². The van der Waals surface area contributed by atoms with Crippen molar-refractivity contribution in [3.63, 3.8) is 0 Å². The first kappa shape index (κ1) is 19.5. The predicted molar refractivity (Wildman–Crippen MR) is 106 cm³/mol. The van der Waals surface area contributed by atoms with Gasteiger partial charge in [-0.1, -0.05) is 13.0 Å². The van der Waals surface area contributed by atoms with Crippen LogP contribution in [0.1, 0.15) is 18.2 Å². The summed E-state index contributed by atoms with van der Waals surface area (Å²) in [4.78, 5) is 23.8. The molecule has 0 saturated carbocycles. The fraction of sp³-hybridized carbons (Fsp3) is 0.250. The van der Waals surface area contributed by atoms with Crippen LogP contribution in [0.15, 0.2) is 53.4 Å². The number of carbonyl (C=O) groups is 1. The second-order valence-electron chi connectivity index (χ2n) is 6.47. The van der Waals surface area contributed by atoms with Gasteiger partial charge in [0.25, 0.3) is 6.43 Å². The van der Waals surface area contributed by atoms with Crippen molar-refractivity contribution in [3.8, 4) is 0 Å². The summed E-state index contributed by atoms with van der Waals surface area (Å²) in [7, 11) is 0. The quantitative estimate of drug-likeness (QED) is 0.667. The minimum Gasteiger partial charge on any atom is -0.404 e. The van der Waals surface area contributed by atoms with Gasteiger partial charge < -0.3 is 16.0 Å². The lowest BCUT2D eigenvalue weighted by molar-refractivity contribution is -0.118. The van der Waals surface area contributed by atoms with E-state index >= 15 is 0 Å². The fourth-order valence-electron chi connectivity index (χ4n) is 2.99. The molecule has 0 fully saturated rings. The highest BCUT2D eigenvalue weighted by molar-refractivity contribution is 6.10. The Labute approximate surface area is 160 Å². The van der Waals surface area contributed by atoms with Crippen LogP contribution in [0.3, 0.4) is 0 Å². The lowest BCUT2D eigenvalue weighted by Crippen LogP contribution is -2.31. The molecule has 4 N–H and O–H groups in total. The minimum absolute atomic E-state index is 0.305.